The lowest BCUT2D eigenvalue weighted by Gasteiger charge is -2.20. The number of hydrogen-bond donors (Lipinski definition) is 1. The van der Waals surface area contributed by atoms with Crippen molar-refractivity contribution in [3.8, 4) is 23.0 Å². The summed E-state index contributed by atoms with van der Waals surface area (Å²) in [7, 11) is 5.70. The number of methoxy groups -OCH3 is 4. The fourth-order valence-electron chi connectivity index (χ4n) is 2.74. The molecule has 0 spiro atoms. The lowest BCUT2D eigenvalue weighted by Crippen LogP contribution is -2.15. The van der Waals surface area contributed by atoms with Gasteiger partial charge in [0.15, 0.2) is 23.1 Å². The van der Waals surface area contributed by atoms with Crippen molar-refractivity contribution in [3.05, 3.63) is 41.0 Å². The molecule has 7 heteroatoms. The quantitative estimate of drug-likeness (QED) is 0.599. The van der Waals surface area contributed by atoms with Crippen LogP contribution in [0.2, 0.25) is 0 Å². The van der Waals surface area contributed by atoms with Crippen molar-refractivity contribution in [2.75, 3.05) is 34.2 Å². The zero-order valence-corrected chi connectivity index (χ0v) is 15.3. The lowest BCUT2D eigenvalue weighted by atomic mass is 9.92. The van der Waals surface area contributed by atoms with Gasteiger partial charge in [0.05, 0.1) is 45.3 Å². The zero-order chi connectivity index (χ0) is 19.4. The first-order chi connectivity index (χ1) is 12.4. The van der Waals surface area contributed by atoms with E-state index in [1.54, 1.807) is 24.3 Å². The van der Waals surface area contributed by atoms with E-state index < -0.39 is 5.78 Å². The largest absolute Gasteiger partial charge is 0.497 e. The molecule has 26 heavy (non-hydrogen) atoms. The molecule has 0 aliphatic carbocycles. The standard InChI is InChI=1S/C19H21NO6/c1-10(21)13-14(16(22)11-6-8-12(23-2)9-7-11)15(20)18(25-4)19(26-5)17(13)24-3/h6-9H,20H2,1-5H3. The Morgan fingerprint density at radius 1 is 0.769 bits per heavy atom. The second-order valence-corrected chi connectivity index (χ2v) is 5.38. The Hall–Kier alpha value is -3.22. The van der Waals surface area contributed by atoms with Crippen LogP contribution in [-0.4, -0.2) is 40.0 Å². The highest BCUT2D eigenvalue weighted by molar-refractivity contribution is 6.20. The van der Waals surface area contributed by atoms with E-state index in [-0.39, 0.29) is 39.8 Å². The molecular formula is C19H21NO6. The Kier molecular flexibility index (Phi) is 5.71. The molecule has 7 nitrogen and oxygen atoms in total. The van der Waals surface area contributed by atoms with Crippen LogP contribution in [0.1, 0.15) is 33.2 Å². The highest BCUT2D eigenvalue weighted by Gasteiger charge is 2.31. The molecule has 0 aliphatic heterocycles. The van der Waals surface area contributed by atoms with Gasteiger partial charge in [0.25, 0.3) is 0 Å². The van der Waals surface area contributed by atoms with Crippen molar-refractivity contribution < 1.29 is 28.5 Å². The van der Waals surface area contributed by atoms with E-state index in [0.717, 1.165) is 0 Å². The molecule has 0 saturated heterocycles. The van der Waals surface area contributed by atoms with Crippen LogP contribution in [0.15, 0.2) is 24.3 Å². The minimum atomic E-state index is -0.436. The molecule has 0 aliphatic rings. The first kappa shape index (κ1) is 19.1. The van der Waals surface area contributed by atoms with Gasteiger partial charge in [-0.25, -0.2) is 0 Å². The Morgan fingerprint density at radius 3 is 1.73 bits per heavy atom. The number of Topliss-reactive ketones (excluding diaryl/α,β-unsaturated/α-hetero) is 1. The van der Waals surface area contributed by atoms with Crippen LogP contribution >= 0.6 is 0 Å². The first-order valence-electron chi connectivity index (χ1n) is 7.72. The molecule has 2 aromatic rings. The number of carbonyl (C=O) groups excluding carboxylic acids is 2. The van der Waals surface area contributed by atoms with E-state index in [1.807, 2.05) is 0 Å². The molecule has 2 N–H and O–H groups in total. The number of ketones is 2. The topological polar surface area (TPSA) is 97.1 Å². The summed E-state index contributed by atoms with van der Waals surface area (Å²) in [5.74, 6) is 0.172. The Labute approximate surface area is 151 Å². The van der Waals surface area contributed by atoms with Crippen molar-refractivity contribution in [1.29, 1.82) is 0 Å². The average Bonchev–Trinajstić information content (AvgIpc) is 2.66. The van der Waals surface area contributed by atoms with Crippen molar-refractivity contribution in [3.63, 3.8) is 0 Å². The summed E-state index contributed by atoms with van der Waals surface area (Å²) in [6.45, 7) is 1.33. The molecule has 0 aromatic heterocycles. The van der Waals surface area contributed by atoms with Crippen molar-refractivity contribution in [2.24, 2.45) is 0 Å². The summed E-state index contributed by atoms with van der Waals surface area (Å²) >= 11 is 0. The lowest BCUT2D eigenvalue weighted by molar-refractivity contribution is 0.0987. The summed E-state index contributed by atoms with van der Waals surface area (Å²) in [5, 5.41) is 0. The number of nitrogens with two attached hydrogens (primary N) is 1. The van der Waals surface area contributed by atoms with Crippen LogP contribution in [0.3, 0.4) is 0 Å². The third-order valence-corrected chi connectivity index (χ3v) is 3.95. The maximum absolute atomic E-state index is 13.1. The summed E-state index contributed by atoms with van der Waals surface area (Å²) in [6.07, 6.45) is 0. The fraction of sp³-hybridized carbons (Fsp3) is 0.263. The molecule has 0 saturated carbocycles. The minimum Gasteiger partial charge on any atom is -0.497 e. The number of carbonyl (C=O) groups is 2. The van der Waals surface area contributed by atoms with E-state index in [9.17, 15) is 9.59 Å². The van der Waals surface area contributed by atoms with Crippen LogP contribution in [0.25, 0.3) is 0 Å². The van der Waals surface area contributed by atoms with Gasteiger partial charge in [-0.05, 0) is 31.2 Å². The van der Waals surface area contributed by atoms with Crippen molar-refractivity contribution >= 4 is 17.3 Å². The smallest absolute Gasteiger partial charge is 0.206 e. The van der Waals surface area contributed by atoms with Crippen LogP contribution in [0.5, 0.6) is 23.0 Å². The first-order valence-corrected chi connectivity index (χ1v) is 7.72. The predicted octanol–water partition coefficient (Wildman–Crippen LogP) is 2.74. The Balaban J connectivity index is 2.80. The molecule has 0 heterocycles. The normalized spacial score (nSPS) is 10.2. The average molecular weight is 359 g/mol. The Morgan fingerprint density at radius 2 is 1.31 bits per heavy atom. The zero-order valence-electron chi connectivity index (χ0n) is 15.3. The summed E-state index contributed by atoms with van der Waals surface area (Å²) < 4.78 is 21.0. The van der Waals surface area contributed by atoms with Crippen LogP contribution in [0, 0.1) is 0 Å². The number of benzene rings is 2. The maximum atomic E-state index is 13.1. The molecular weight excluding hydrogens is 338 g/mol. The molecule has 2 rings (SSSR count). The van der Waals surface area contributed by atoms with Gasteiger partial charge in [0.2, 0.25) is 5.75 Å². The number of ether oxygens (including phenoxy) is 4. The summed E-state index contributed by atoms with van der Waals surface area (Å²) in [6, 6.07) is 6.48. The fourth-order valence-corrected chi connectivity index (χ4v) is 2.74. The van der Waals surface area contributed by atoms with Gasteiger partial charge in [-0.15, -0.1) is 0 Å². The number of hydrogen-bond acceptors (Lipinski definition) is 7. The molecule has 0 bridgehead atoms. The van der Waals surface area contributed by atoms with Gasteiger partial charge in [-0.2, -0.15) is 0 Å². The molecule has 0 amide bonds. The third kappa shape index (κ3) is 3.15. The second kappa shape index (κ2) is 7.77. The van der Waals surface area contributed by atoms with Crippen molar-refractivity contribution in [2.45, 2.75) is 6.92 Å². The van der Waals surface area contributed by atoms with Gasteiger partial charge >= 0.3 is 0 Å². The van der Waals surface area contributed by atoms with Crippen molar-refractivity contribution in [1.82, 2.24) is 0 Å². The molecule has 138 valence electrons. The van der Waals surface area contributed by atoms with E-state index >= 15 is 0 Å². The molecule has 0 unspecified atom stereocenters. The van der Waals surface area contributed by atoms with Gasteiger partial charge in [-0.1, -0.05) is 0 Å². The number of anilines is 1. The molecule has 2 aromatic carbocycles. The molecule has 0 radical (unpaired) electrons. The predicted molar refractivity (Wildman–Crippen MR) is 96.9 cm³/mol. The van der Waals surface area contributed by atoms with E-state index in [1.165, 1.54) is 35.4 Å². The van der Waals surface area contributed by atoms with Gasteiger partial charge in [0, 0.05) is 5.56 Å². The minimum absolute atomic E-state index is 0.0103. The van der Waals surface area contributed by atoms with Gasteiger partial charge < -0.3 is 24.7 Å². The van der Waals surface area contributed by atoms with Crippen LogP contribution in [0.4, 0.5) is 5.69 Å². The summed E-state index contributed by atoms with van der Waals surface area (Å²) in [4.78, 5) is 25.4. The third-order valence-electron chi connectivity index (χ3n) is 3.95. The Bertz CT molecular complexity index is 842. The second-order valence-electron chi connectivity index (χ2n) is 5.38. The number of nitrogen functional groups attached to an aromatic ring is 1. The summed E-state index contributed by atoms with van der Waals surface area (Å²) in [5.41, 5.74) is 6.58. The molecule has 0 atom stereocenters. The van der Waals surface area contributed by atoms with E-state index in [0.29, 0.717) is 11.3 Å². The monoisotopic (exact) mass is 359 g/mol. The van der Waals surface area contributed by atoms with E-state index in [2.05, 4.69) is 0 Å². The van der Waals surface area contributed by atoms with Gasteiger partial charge in [0.1, 0.15) is 5.75 Å². The van der Waals surface area contributed by atoms with Gasteiger partial charge in [-0.3, -0.25) is 9.59 Å². The van der Waals surface area contributed by atoms with Crippen LogP contribution < -0.4 is 24.7 Å². The van der Waals surface area contributed by atoms with Crippen LogP contribution in [-0.2, 0) is 0 Å². The highest BCUT2D eigenvalue weighted by Crippen LogP contribution is 2.47. The maximum Gasteiger partial charge on any atom is 0.206 e. The number of rotatable bonds is 7. The SMILES string of the molecule is COc1ccc(C(=O)c2c(N)c(OC)c(OC)c(OC)c2C(C)=O)cc1. The molecule has 0 fully saturated rings. The highest BCUT2D eigenvalue weighted by atomic mass is 16.5. The van der Waals surface area contributed by atoms with E-state index in [4.69, 9.17) is 24.7 Å².